The smallest absolute Gasteiger partial charge is 0.156 e. The number of aliphatic imine (C=N–C) groups is 1. The molecule has 2 atom stereocenters. The molecule has 1 aliphatic rings. The van der Waals surface area contributed by atoms with E-state index < -0.39 is 0 Å². The molecule has 0 spiro atoms. The van der Waals surface area contributed by atoms with Gasteiger partial charge in [0.1, 0.15) is 0 Å². The van der Waals surface area contributed by atoms with Crippen molar-refractivity contribution in [3.63, 3.8) is 0 Å². The van der Waals surface area contributed by atoms with Crippen LogP contribution in [0.25, 0.3) is 0 Å². The van der Waals surface area contributed by atoms with Gasteiger partial charge in [0.2, 0.25) is 0 Å². The Morgan fingerprint density at radius 3 is 2.53 bits per heavy atom. The van der Waals surface area contributed by atoms with Crippen LogP contribution >= 0.6 is 11.8 Å². The fourth-order valence-electron chi connectivity index (χ4n) is 2.72. The van der Waals surface area contributed by atoms with Crippen LogP contribution < -0.4 is 5.32 Å². The highest BCUT2D eigenvalue weighted by molar-refractivity contribution is 8.14. The zero-order valence-electron chi connectivity index (χ0n) is 13.2. The van der Waals surface area contributed by atoms with Gasteiger partial charge < -0.3 is 5.32 Å². The third-order valence-electron chi connectivity index (χ3n) is 4.34. The number of thioether (sulfide) groups is 1. The summed E-state index contributed by atoms with van der Waals surface area (Å²) in [5.74, 6) is 1.64. The molecule has 0 saturated heterocycles. The van der Waals surface area contributed by atoms with E-state index in [0.29, 0.717) is 5.25 Å². The number of hydrogen-bond acceptors (Lipinski definition) is 3. The van der Waals surface area contributed by atoms with Crippen molar-refractivity contribution < 1.29 is 0 Å². The Morgan fingerprint density at radius 2 is 1.95 bits per heavy atom. The Labute approximate surface area is 124 Å². The fourth-order valence-corrected chi connectivity index (χ4v) is 4.05. The molecule has 0 bridgehead atoms. The van der Waals surface area contributed by atoms with E-state index in [-0.39, 0.29) is 0 Å². The van der Waals surface area contributed by atoms with E-state index >= 15 is 0 Å². The minimum absolute atomic E-state index is 0.716. The van der Waals surface area contributed by atoms with Gasteiger partial charge in [-0.05, 0) is 18.3 Å². The molecule has 0 aliphatic carbocycles. The minimum atomic E-state index is 0.716. The van der Waals surface area contributed by atoms with Crippen LogP contribution in [0, 0.1) is 11.8 Å². The van der Waals surface area contributed by atoms with E-state index in [2.05, 4.69) is 38.0 Å². The van der Waals surface area contributed by atoms with E-state index in [1.165, 1.54) is 43.7 Å². The van der Waals surface area contributed by atoms with Gasteiger partial charge in [-0.25, -0.2) is 0 Å². The third kappa shape index (κ3) is 5.76. The Kier molecular flexibility index (Phi) is 8.60. The molecule has 1 heterocycles. The number of nitrogens with one attached hydrogen (secondary N) is 1. The number of unbranched alkanes of at least 4 members (excludes halogenated alkanes) is 1. The molecular formula is C16H32N2S. The third-order valence-corrected chi connectivity index (χ3v) is 5.67. The van der Waals surface area contributed by atoms with Gasteiger partial charge in [0, 0.05) is 11.8 Å². The van der Waals surface area contributed by atoms with Crippen molar-refractivity contribution >= 4 is 16.9 Å². The first-order valence-corrected chi connectivity index (χ1v) is 9.07. The van der Waals surface area contributed by atoms with Gasteiger partial charge in [-0.2, -0.15) is 0 Å². The van der Waals surface area contributed by atoms with E-state index in [1.807, 2.05) is 11.8 Å². The molecule has 0 aromatic carbocycles. The van der Waals surface area contributed by atoms with Gasteiger partial charge in [0.05, 0.1) is 6.54 Å². The van der Waals surface area contributed by atoms with Crippen LogP contribution in [0.15, 0.2) is 4.99 Å². The molecular weight excluding hydrogens is 252 g/mol. The first-order valence-electron chi connectivity index (χ1n) is 8.19. The lowest BCUT2D eigenvalue weighted by molar-refractivity contribution is 0.447. The van der Waals surface area contributed by atoms with E-state index in [9.17, 15) is 0 Å². The maximum atomic E-state index is 4.69. The van der Waals surface area contributed by atoms with E-state index in [4.69, 9.17) is 0 Å². The van der Waals surface area contributed by atoms with Crippen LogP contribution in [0.4, 0.5) is 0 Å². The number of hydrogen-bond donors (Lipinski definition) is 1. The zero-order chi connectivity index (χ0) is 14.1. The van der Waals surface area contributed by atoms with Crippen LogP contribution in [-0.2, 0) is 0 Å². The molecule has 19 heavy (non-hydrogen) atoms. The second-order valence-electron chi connectivity index (χ2n) is 5.68. The van der Waals surface area contributed by atoms with Crippen LogP contribution in [-0.4, -0.2) is 23.5 Å². The SMILES string of the molecule is CCCCC(CC)CNC1=NCC(C(CC)CC)S1. The van der Waals surface area contributed by atoms with Gasteiger partial charge in [-0.3, -0.25) is 4.99 Å². The van der Waals surface area contributed by atoms with Crippen LogP contribution in [0.5, 0.6) is 0 Å². The van der Waals surface area contributed by atoms with Gasteiger partial charge in [0.25, 0.3) is 0 Å². The Morgan fingerprint density at radius 1 is 1.21 bits per heavy atom. The molecule has 1 N–H and O–H groups in total. The summed E-state index contributed by atoms with van der Waals surface area (Å²) in [4.78, 5) is 4.69. The maximum Gasteiger partial charge on any atom is 0.156 e. The lowest BCUT2D eigenvalue weighted by Gasteiger charge is -2.19. The van der Waals surface area contributed by atoms with Crippen molar-refractivity contribution in [1.29, 1.82) is 0 Å². The molecule has 2 nitrogen and oxygen atoms in total. The summed E-state index contributed by atoms with van der Waals surface area (Å²) in [6, 6.07) is 0. The topological polar surface area (TPSA) is 24.4 Å². The normalized spacial score (nSPS) is 20.7. The lowest BCUT2D eigenvalue weighted by Crippen LogP contribution is -2.27. The zero-order valence-corrected chi connectivity index (χ0v) is 14.1. The summed E-state index contributed by atoms with van der Waals surface area (Å²) in [6.07, 6.45) is 7.87. The quantitative estimate of drug-likeness (QED) is 0.663. The number of nitrogens with zero attached hydrogens (tertiary/aromatic N) is 1. The number of amidine groups is 1. The monoisotopic (exact) mass is 284 g/mol. The average molecular weight is 285 g/mol. The molecule has 0 fully saturated rings. The summed E-state index contributed by atoms with van der Waals surface area (Å²) >= 11 is 1.98. The summed E-state index contributed by atoms with van der Waals surface area (Å²) in [5.41, 5.74) is 0. The summed E-state index contributed by atoms with van der Waals surface area (Å²) < 4.78 is 0. The number of rotatable bonds is 9. The predicted octanol–water partition coefficient (Wildman–Crippen LogP) is 4.70. The highest BCUT2D eigenvalue weighted by Crippen LogP contribution is 2.30. The van der Waals surface area contributed by atoms with Gasteiger partial charge in [-0.1, -0.05) is 71.6 Å². The molecule has 0 radical (unpaired) electrons. The molecule has 1 rings (SSSR count). The highest BCUT2D eigenvalue weighted by Gasteiger charge is 2.25. The van der Waals surface area contributed by atoms with Gasteiger partial charge in [0.15, 0.2) is 5.17 Å². The summed E-state index contributed by atoms with van der Waals surface area (Å²) in [6.45, 7) is 11.3. The van der Waals surface area contributed by atoms with Crippen molar-refractivity contribution in [2.75, 3.05) is 13.1 Å². The first-order chi connectivity index (χ1) is 9.24. The second-order valence-corrected chi connectivity index (χ2v) is 6.90. The van der Waals surface area contributed by atoms with Gasteiger partial charge >= 0.3 is 0 Å². The van der Waals surface area contributed by atoms with Crippen molar-refractivity contribution in [2.45, 2.75) is 71.5 Å². The van der Waals surface area contributed by atoms with Crippen molar-refractivity contribution in [3.8, 4) is 0 Å². The molecule has 1 aliphatic heterocycles. The van der Waals surface area contributed by atoms with Crippen LogP contribution in [0.1, 0.15) is 66.2 Å². The highest BCUT2D eigenvalue weighted by atomic mass is 32.2. The van der Waals surface area contributed by atoms with Crippen molar-refractivity contribution in [1.82, 2.24) is 5.32 Å². The van der Waals surface area contributed by atoms with Crippen LogP contribution in [0.2, 0.25) is 0 Å². The van der Waals surface area contributed by atoms with Crippen molar-refractivity contribution in [3.05, 3.63) is 0 Å². The predicted molar refractivity (Wildman–Crippen MR) is 89.1 cm³/mol. The van der Waals surface area contributed by atoms with E-state index in [0.717, 1.165) is 24.9 Å². The average Bonchev–Trinajstić information content (AvgIpc) is 2.89. The largest absolute Gasteiger partial charge is 0.365 e. The molecule has 0 aromatic rings. The molecule has 2 unspecified atom stereocenters. The first kappa shape index (κ1) is 16.9. The second kappa shape index (κ2) is 9.68. The minimum Gasteiger partial charge on any atom is -0.365 e. The molecule has 3 heteroatoms. The molecule has 112 valence electrons. The van der Waals surface area contributed by atoms with Crippen LogP contribution in [0.3, 0.4) is 0 Å². The van der Waals surface area contributed by atoms with E-state index in [1.54, 1.807) is 0 Å². The standard InChI is InChI=1S/C16H32N2S/c1-5-9-10-13(6-2)11-17-16-18-12-15(19-16)14(7-3)8-4/h13-15H,5-12H2,1-4H3,(H,17,18). The Bertz CT molecular complexity index is 261. The molecule has 0 saturated carbocycles. The molecule has 0 amide bonds. The fraction of sp³-hybridized carbons (Fsp3) is 0.938. The summed E-state index contributed by atoms with van der Waals surface area (Å²) in [5, 5.41) is 5.50. The van der Waals surface area contributed by atoms with Crippen molar-refractivity contribution in [2.24, 2.45) is 16.8 Å². The molecule has 0 aromatic heterocycles. The maximum absolute atomic E-state index is 4.69. The Balaban J connectivity index is 2.27. The summed E-state index contributed by atoms with van der Waals surface area (Å²) in [7, 11) is 0. The Hall–Kier alpha value is -0.180. The van der Waals surface area contributed by atoms with Gasteiger partial charge in [-0.15, -0.1) is 0 Å². The lowest BCUT2D eigenvalue weighted by atomic mass is 9.99.